The number of fused-ring (bicyclic) bond motifs is 1. The molecule has 0 unspecified atom stereocenters. The molecule has 0 radical (unpaired) electrons. The highest BCUT2D eigenvalue weighted by Gasteiger charge is 2.31. The fraction of sp³-hybridized carbons (Fsp3) is 0.132. The lowest BCUT2D eigenvalue weighted by Crippen LogP contribution is -2.68. The van der Waals surface area contributed by atoms with Gasteiger partial charge in [0.15, 0.2) is 0 Å². The van der Waals surface area contributed by atoms with Crippen LogP contribution in [0.3, 0.4) is 0 Å². The third-order valence-corrected chi connectivity index (χ3v) is 7.65. The van der Waals surface area contributed by atoms with Gasteiger partial charge in [0.25, 0.3) is 0 Å². The van der Waals surface area contributed by atoms with E-state index in [1.807, 2.05) is 6.07 Å². The van der Waals surface area contributed by atoms with Gasteiger partial charge in [0, 0.05) is 5.56 Å². The van der Waals surface area contributed by atoms with Gasteiger partial charge in [-0.1, -0.05) is 105 Å². The second kappa shape index (κ2) is 13.1. The Labute approximate surface area is 260 Å². The summed E-state index contributed by atoms with van der Waals surface area (Å²) >= 11 is 0. The molecular formula is C38H33ClO5. The van der Waals surface area contributed by atoms with E-state index in [1.165, 1.54) is 38.9 Å². The topological polar surface area (TPSA) is 104 Å². The molecule has 0 saturated heterocycles. The Morgan fingerprint density at radius 2 is 1.02 bits per heavy atom. The first-order valence-corrected chi connectivity index (χ1v) is 15.6. The summed E-state index contributed by atoms with van der Waals surface area (Å²) in [6.07, 6.45) is 0. The third-order valence-electron chi connectivity index (χ3n) is 7.65. The maximum Gasteiger partial charge on any atom is 0.369 e. The van der Waals surface area contributed by atoms with E-state index in [0.717, 1.165) is 33.8 Å². The normalized spacial score (nSPS) is 11.4. The van der Waals surface area contributed by atoms with Gasteiger partial charge >= 0.3 is 11.5 Å². The molecule has 0 saturated carbocycles. The van der Waals surface area contributed by atoms with E-state index in [-0.39, 0.29) is 0 Å². The van der Waals surface area contributed by atoms with Crippen LogP contribution >= 0.6 is 0 Å². The maximum atomic E-state index is 8.49. The summed E-state index contributed by atoms with van der Waals surface area (Å²) in [6, 6.07) is 43.1. The van der Waals surface area contributed by atoms with Gasteiger partial charge in [0.2, 0.25) is 0 Å². The highest BCUT2D eigenvalue weighted by molar-refractivity contribution is 6.00. The predicted octanol–water partition coefficient (Wildman–Crippen LogP) is 6.32. The highest BCUT2D eigenvalue weighted by atomic mass is 35.7. The van der Waals surface area contributed by atoms with Gasteiger partial charge in [-0.15, -0.1) is 10.2 Å². The first-order chi connectivity index (χ1) is 21.0. The van der Waals surface area contributed by atoms with Gasteiger partial charge in [0.05, 0.1) is 22.8 Å². The van der Waals surface area contributed by atoms with Crippen molar-refractivity contribution in [2.45, 2.75) is 33.6 Å². The first kappa shape index (κ1) is 31.1. The monoisotopic (exact) mass is 604 g/mol. The van der Waals surface area contributed by atoms with Crippen molar-refractivity contribution in [1.29, 1.82) is 0 Å². The molecule has 5 nitrogen and oxygen atoms in total. The number of hydrogen-bond donors (Lipinski definition) is 0. The van der Waals surface area contributed by atoms with Gasteiger partial charge in [-0.25, -0.2) is 23.1 Å². The summed E-state index contributed by atoms with van der Waals surface area (Å²) in [4.78, 5) is 0. The van der Waals surface area contributed by atoms with E-state index in [2.05, 4.69) is 143 Å². The molecule has 6 heteroatoms. The molecule has 0 spiro atoms. The molecule has 2 aliphatic rings. The minimum Gasteiger partial charge on any atom is -0.222 e. The summed E-state index contributed by atoms with van der Waals surface area (Å²) in [5.74, 6) is 2.20. The lowest BCUT2D eigenvalue weighted by atomic mass is 9.89. The SMILES string of the molecule is Cc1cc(-c2cc(-c3ccccc3)[o+]c(-c3ccccc3)c2-c2ccccc2)c2c(C)ccc(C(C)C)cc1-2.[O-][Cl+3]([O-])([O-])[O-]. The van der Waals surface area contributed by atoms with Crippen LogP contribution in [0.15, 0.2) is 126 Å². The fourth-order valence-corrected chi connectivity index (χ4v) is 5.57. The molecule has 1 heterocycles. The number of halogens is 1. The van der Waals surface area contributed by atoms with Crippen LogP contribution < -0.4 is 18.6 Å². The average Bonchev–Trinajstić information content (AvgIpc) is 3.22. The number of rotatable bonds is 5. The van der Waals surface area contributed by atoms with Crippen LogP contribution in [0.1, 0.15) is 36.5 Å². The molecule has 6 rings (SSSR count). The van der Waals surface area contributed by atoms with Crippen LogP contribution in [-0.2, 0) is 0 Å². The molecule has 3 aromatic carbocycles. The lowest BCUT2D eigenvalue weighted by molar-refractivity contribution is -2.00. The van der Waals surface area contributed by atoms with Gasteiger partial charge in [-0.2, -0.15) is 0 Å². The minimum atomic E-state index is -4.94. The second-order valence-corrected chi connectivity index (χ2v) is 11.8. The predicted molar refractivity (Wildman–Crippen MR) is 165 cm³/mol. The standard InChI is InChI=1S/C38H33O.ClHO4/c1-25(2)31-21-20-26(3)36-32(23-31)27(4)22-33(36)34-24-35(28-14-8-5-9-15-28)39-38(30-18-12-7-13-19-30)37(34)29-16-10-6-11-17-29;2-1(3,4)5/h5-25H,1-4H3;(H,2,3,4,5)/q+1;/p-1. The van der Waals surface area contributed by atoms with Crippen molar-refractivity contribution in [3.05, 3.63) is 138 Å². The molecular weight excluding hydrogens is 572 g/mol. The molecule has 1 aromatic heterocycles. The van der Waals surface area contributed by atoms with Crippen molar-refractivity contribution in [2.24, 2.45) is 0 Å². The Hall–Kier alpha value is -4.36. The highest BCUT2D eigenvalue weighted by Crippen LogP contribution is 2.48. The fourth-order valence-electron chi connectivity index (χ4n) is 5.57. The van der Waals surface area contributed by atoms with Gasteiger partial charge in [-0.05, 0) is 83.0 Å². The molecule has 44 heavy (non-hydrogen) atoms. The lowest BCUT2D eigenvalue weighted by Gasteiger charge is -2.17. The summed E-state index contributed by atoms with van der Waals surface area (Å²) in [5, 5.41) is 0. The van der Waals surface area contributed by atoms with E-state index >= 15 is 0 Å². The van der Waals surface area contributed by atoms with Crippen molar-refractivity contribution >= 4 is 0 Å². The zero-order chi connectivity index (χ0) is 31.4. The maximum absolute atomic E-state index is 8.49. The van der Waals surface area contributed by atoms with Crippen LogP contribution in [0.25, 0.3) is 56.0 Å². The van der Waals surface area contributed by atoms with Crippen molar-refractivity contribution in [1.82, 2.24) is 0 Å². The van der Waals surface area contributed by atoms with Crippen molar-refractivity contribution in [3.8, 4) is 56.0 Å². The summed E-state index contributed by atoms with van der Waals surface area (Å²) < 4.78 is 40.8. The second-order valence-electron chi connectivity index (χ2n) is 11.0. The molecule has 0 aliphatic heterocycles. The van der Waals surface area contributed by atoms with Crippen LogP contribution in [0.4, 0.5) is 0 Å². The molecule has 0 amide bonds. The summed E-state index contributed by atoms with van der Waals surface area (Å²) in [5.41, 5.74) is 13.4. The minimum absolute atomic E-state index is 0.461. The molecule has 0 fully saturated rings. The van der Waals surface area contributed by atoms with Crippen LogP contribution in [0.2, 0.25) is 0 Å². The van der Waals surface area contributed by atoms with Gasteiger partial charge in [0.1, 0.15) is 0 Å². The van der Waals surface area contributed by atoms with Crippen molar-refractivity contribution in [2.75, 3.05) is 0 Å². The number of benzene rings is 3. The zero-order valence-corrected chi connectivity index (χ0v) is 25.8. The molecule has 2 aliphatic carbocycles. The van der Waals surface area contributed by atoms with Crippen LogP contribution in [0.5, 0.6) is 0 Å². The van der Waals surface area contributed by atoms with Crippen molar-refractivity contribution < 1.29 is 33.3 Å². The van der Waals surface area contributed by atoms with Gasteiger partial charge < -0.3 is 0 Å². The van der Waals surface area contributed by atoms with Crippen molar-refractivity contribution in [3.63, 3.8) is 0 Å². The summed E-state index contributed by atoms with van der Waals surface area (Å²) in [6.45, 7) is 9.00. The quantitative estimate of drug-likeness (QED) is 0.214. The Balaban J connectivity index is 0.000000712. The average molecular weight is 605 g/mol. The zero-order valence-electron chi connectivity index (χ0n) is 25.0. The van der Waals surface area contributed by atoms with Crippen LogP contribution in [0, 0.1) is 24.1 Å². The van der Waals surface area contributed by atoms with E-state index < -0.39 is 10.2 Å². The van der Waals surface area contributed by atoms with Crippen LogP contribution in [-0.4, -0.2) is 0 Å². The van der Waals surface area contributed by atoms with E-state index in [1.54, 1.807) is 0 Å². The van der Waals surface area contributed by atoms with E-state index in [0.29, 0.717) is 5.92 Å². The molecule has 4 aromatic rings. The Kier molecular flexibility index (Phi) is 9.25. The Morgan fingerprint density at radius 1 is 0.523 bits per heavy atom. The number of aryl methyl sites for hydroxylation is 2. The van der Waals surface area contributed by atoms with Gasteiger partial charge in [-0.3, -0.25) is 0 Å². The van der Waals surface area contributed by atoms with E-state index in [9.17, 15) is 0 Å². The smallest absolute Gasteiger partial charge is 0.222 e. The van der Waals surface area contributed by atoms with E-state index in [4.69, 9.17) is 23.1 Å². The Bertz CT molecular complexity index is 1820. The molecule has 0 atom stereocenters. The third kappa shape index (κ3) is 7.05. The Morgan fingerprint density at radius 3 is 1.57 bits per heavy atom. The molecule has 0 bridgehead atoms. The molecule has 0 N–H and O–H groups in total. The largest absolute Gasteiger partial charge is 0.369 e. The number of hydrogen-bond acceptors (Lipinski definition) is 4. The first-order valence-electron chi connectivity index (χ1n) is 14.3. The molecule has 222 valence electrons. The summed E-state index contributed by atoms with van der Waals surface area (Å²) in [7, 11) is -4.94.